The van der Waals surface area contributed by atoms with Gasteiger partial charge in [-0.25, -0.2) is 0 Å². The van der Waals surface area contributed by atoms with E-state index in [9.17, 15) is 10.1 Å². The molecule has 0 bridgehead atoms. The third kappa shape index (κ3) is 5.09. The van der Waals surface area contributed by atoms with E-state index in [0.717, 1.165) is 12.0 Å². The van der Waals surface area contributed by atoms with Crippen LogP contribution >= 0.6 is 0 Å². The minimum atomic E-state index is -0.491. The summed E-state index contributed by atoms with van der Waals surface area (Å²) in [5.41, 5.74) is 1.71. The molecule has 1 N–H and O–H groups in total. The van der Waals surface area contributed by atoms with E-state index in [1.807, 2.05) is 36.4 Å². The van der Waals surface area contributed by atoms with Gasteiger partial charge in [-0.15, -0.1) is 0 Å². The van der Waals surface area contributed by atoms with Crippen molar-refractivity contribution in [3.8, 4) is 6.07 Å². The van der Waals surface area contributed by atoms with Gasteiger partial charge in [0.1, 0.15) is 5.69 Å². The van der Waals surface area contributed by atoms with Crippen LogP contribution in [0.5, 0.6) is 0 Å². The molecule has 0 atom stereocenters. The quantitative estimate of drug-likeness (QED) is 0.458. The first-order valence-corrected chi connectivity index (χ1v) is 7.25. The van der Waals surface area contributed by atoms with Gasteiger partial charge in [-0.05, 0) is 24.1 Å². The van der Waals surface area contributed by atoms with Gasteiger partial charge in [0.05, 0.1) is 23.2 Å². The molecule has 2 aromatic rings. The first-order valence-electron chi connectivity index (χ1n) is 7.25. The van der Waals surface area contributed by atoms with E-state index in [4.69, 9.17) is 10.00 Å². The number of hydrogen-bond acceptors (Lipinski definition) is 5. The summed E-state index contributed by atoms with van der Waals surface area (Å²) in [6.45, 7) is 1.67. The Morgan fingerprint density at radius 2 is 2.00 bits per heavy atom. The van der Waals surface area contributed by atoms with Crippen LogP contribution in [-0.4, -0.2) is 18.1 Å². The van der Waals surface area contributed by atoms with Crippen molar-refractivity contribution < 1.29 is 9.66 Å². The van der Waals surface area contributed by atoms with Crippen molar-refractivity contribution in [1.29, 1.82) is 5.26 Å². The van der Waals surface area contributed by atoms with Gasteiger partial charge in [0.25, 0.3) is 5.69 Å². The van der Waals surface area contributed by atoms with Gasteiger partial charge in [0.15, 0.2) is 0 Å². The molecular weight excluding hydrogens is 294 g/mol. The average Bonchev–Trinajstić information content (AvgIpc) is 2.58. The lowest BCUT2D eigenvalue weighted by atomic mass is 10.2. The zero-order valence-corrected chi connectivity index (χ0v) is 12.6. The maximum atomic E-state index is 11.0. The average molecular weight is 311 g/mol. The number of nitro benzene ring substituents is 1. The third-order valence-electron chi connectivity index (χ3n) is 3.22. The van der Waals surface area contributed by atoms with Gasteiger partial charge < -0.3 is 10.1 Å². The van der Waals surface area contributed by atoms with Crippen molar-refractivity contribution in [2.75, 3.05) is 18.5 Å². The van der Waals surface area contributed by atoms with E-state index in [2.05, 4.69) is 5.32 Å². The molecule has 6 heteroatoms. The van der Waals surface area contributed by atoms with Crippen LogP contribution in [0.25, 0.3) is 0 Å². The van der Waals surface area contributed by atoms with Crippen LogP contribution in [0.2, 0.25) is 0 Å². The second-order valence-corrected chi connectivity index (χ2v) is 4.92. The fourth-order valence-corrected chi connectivity index (χ4v) is 2.06. The predicted molar refractivity (Wildman–Crippen MR) is 87.0 cm³/mol. The molecule has 0 radical (unpaired) electrons. The standard InChI is InChI=1S/C17H17N3O3/c18-12-15-7-8-16(17(11-15)20(21)22)19-9-4-10-23-13-14-5-2-1-3-6-14/h1-3,5-8,11,19H,4,9-10,13H2. The molecule has 2 aromatic carbocycles. The summed E-state index contributed by atoms with van der Waals surface area (Å²) < 4.78 is 5.55. The number of ether oxygens (including phenoxy) is 1. The Balaban J connectivity index is 1.76. The van der Waals surface area contributed by atoms with Crippen molar-refractivity contribution in [2.24, 2.45) is 0 Å². The van der Waals surface area contributed by atoms with Crippen LogP contribution in [0, 0.1) is 21.4 Å². The number of nitrogens with zero attached hydrogens (tertiary/aromatic N) is 2. The molecule has 0 fully saturated rings. The van der Waals surface area contributed by atoms with Crippen LogP contribution in [0.15, 0.2) is 48.5 Å². The highest BCUT2D eigenvalue weighted by atomic mass is 16.6. The molecule has 23 heavy (non-hydrogen) atoms. The molecule has 0 saturated heterocycles. The molecule has 0 heterocycles. The number of nitrogens with one attached hydrogen (secondary N) is 1. The molecule has 0 saturated carbocycles. The SMILES string of the molecule is N#Cc1ccc(NCCCOCc2ccccc2)c([N+](=O)[O-])c1. The van der Waals surface area contributed by atoms with Gasteiger partial charge in [-0.1, -0.05) is 30.3 Å². The molecule has 6 nitrogen and oxygen atoms in total. The Hall–Kier alpha value is -2.91. The summed E-state index contributed by atoms with van der Waals surface area (Å²) in [6, 6.07) is 16.2. The zero-order chi connectivity index (χ0) is 16.5. The number of hydrogen-bond donors (Lipinski definition) is 1. The van der Waals surface area contributed by atoms with Gasteiger partial charge in [0, 0.05) is 19.2 Å². The molecule has 0 aliphatic heterocycles. The molecule has 0 amide bonds. The Kier molecular flexibility index (Phi) is 6.09. The van der Waals surface area contributed by atoms with Crippen molar-refractivity contribution in [3.05, 3.63) is 69.8 Å². The molecule has 0 unspecified atom stereocenters. The van der Waals surface area contributed by atoms with Gasteiger partial charge in [-0.2, -0.15) is 5.26 Å². The zero-order valence-electron chi connectivity index (χ0n) is 12.6. The number of nitriles is 1. The fraction of sp³-hybridized carbons (Fsp3) is 0.235. The Morgan fingerprint density at radius 3 is 2.70 bits per heavy atom. The Bertz CT molecular complexity index is 696. The van der Waals surface area contributed by atoms with E-state index in [-0.39, 0.29) is 11.3 Å². The van der Waals surface area contributed by atoms with E-state index >= 15 is 0 Å². The largest absolute Gasteiger partial charge is 0.379 e. The van der Waals surface area contributed by atoms with Crippen LogP contribution in [0.1, 0.15) is 17.5 Å². The number of rotatable bonds is 8. The fourth-order valence-electron chi connectivity index (χ4n) is 2.06. The van der Waals surface area contributed by atoms with Gasteiger partial charge in [-0.3, -0.25) is 10.1 Å². The first-order chi connectivity index (χ1) is 11.2. The number of benzene rings is 2. The molecule has 118 valence electrons. The van der Waals surface area contributed by atoms with Crippen molar-refractivity contribution in [2.45, 2.75) is 13.0 Å². The third-order valence-corrected chi connectivity index (χ3v) is 3.22. The summed E-state index contributed by atoms with van der Waals surface area (Å²) >= 11 is 0. The Morgan fingerprint density at radius 1 is 1.22 bits per heavy atom. The second kappa shape index (κ2) is 8.51. The molecule has 2 rings (SSSR count). The molecular formula is C17H17N3O3. The van der Waals surface area contributed by atoms with E-state index < -0.39 is 4.92 Å². The minimum Gasteiger partial charge on any atom is -0.379 e. The summed E-state index contributed by atoms with van der Waals surface area (Å²) in [4.78, 5) is 10.5. The first kappa shape index (κ1) is 16.5. The molecule has 0 spiro atoms. The highest BCUT2D eigenvalue weighted by molar-refractivity contribution is 5.63. The van der Waals surface area contributed by atoms with Crippen molar-refractivity contribution in [3.63, 3.8) is 0 Å². The van der Waals surface area contributed by atoms with Gasteiger partial charge in [0.2, 0.25) is 0 Å². The van der Waals surface area contributed by atoms with Crippen LogP contribution in [0.3, 0.4) is 0 Å². The topological polar surface area (TPSA) is 88.2 Å². The maximum Gasteiger partial charge on any atom is 0.293 e. The monoisotopic (exact) mass is 311 g/mol. The lowest BCUT2D eigenvalue weighted by Gasteiger charge is -2.08. The number of anilines is 1. The number of nitro groups is 1. The minimum absolute atomic E-state index is 0.0887. The summed E-state index contributed by atoms with van der Waals surface area (Å²) in [5.74, 6) is 0. The highest BCUT2D eigenvalue weighted by Crippen LogP contribution is 2.25. The summed E-state index contributed by atoms with van der Waals surface area (Å²) in [5, 5.41) is 22.8. The lowest BCUT2D eigenvalue weighted by molar-refractivity contribution is -0.384. The smallest absolute Gasteiger partial charge is 0.293 e. The normalized spacial score (nSPS) is 10.0. The van der Waals surface area contributed by atoms with E-state index in [1.54, 1.807) is 12.1 Å². The molecule has 0 aliphatic carbocycles. The summed E-state index contributed by atoms with van der Waals surface area (Å²) in [7, 11) is 0. The van der Waals surface area contributed by atoms with Crippen LogP contribution in [0.4, 0.5) is 11.4 Å². The van der Waals surface area contributed by atoms with Crippen LogP contribution in [-0.2, 0) is 11.3 Å². The molecule has 0 aliphatic rings. The predicted octanol–water partition coefficient (Wildman–Crippen LogP) is 3.49. The van der Waals surface area contributed by atoms with Crippen molar-refractivity contribution in [1.82, 2.24) is 0 Å². The second-order valence-electron chi connectivity index (χ2n) is 4.92. The molecule has 0 aromatic heterocycles. The van der Waals surface area contributed by atoms with Gasteiger partial charge >= 0.3 is 0 Å². The van der Waals surface area contributed by atoms with E-state index in [0.29, 0.717) is 25.4 Å². The maximum absolute atomic E-state index is 11.0. The summed E-state index contributed by atoms with van der Waals surface area (Å²) in [6.07, 6.45) is 0.726. The highest BCUT2D eigenvalue weighted by Gasteiger charge is 2.14. The van der Waals surface area contributed by atoms with Crippen LogP contribution < -0.4 is 5.32 Å². The van der Waals surface area contributed by atoms with Crippen molar-refractivity contribution >= 4 is 11.4 Å². The Labute approximate surface area is 134 Å². The lowest BCUT2D eigenvalue weighted by Crippen LogP contribution is -2.07. The van der Waals surface area contributed by atoms with E-state index in [1.165, 1.54) is 6.07 Å².